The molecule has 2 fully saturated rings. The summed E-state index contributed by atoms with van der Waals surface area (Å²) in [7, 11) is 0. The Morgan fingerprint density at radius 3 is 2.69 bits per heavy atom. The number of ether oxygens (including phenoxy) is 3. The minimum absolute atomic E-state index is 0.0145. The van der Waals surface area contributed by atoms with Gasteiger partial charge in [0, 0.05) is 23.6 Å². The van der Waals surface area contributed by atoms with Gasteiger partial charge in [-0.2, -0.15) is 0 Å². The third-order valence-corrected chi connectivity index (χ3v) is 5.59. The number of nitrogens with one attached hydrogen (secondary N) is 1. The molecule has 148 valence electrons. The Bertz CT molecular complexity index is 538. The SMILES string of the molecule is CC1(COC(=O)CCC/C=C2\CC(NC(=O)O)CS2)COC(C)(C)OC1. The van der Waals surface area contributed by atoms with Gasteiger partial charge in [0.05, 0.1) is 13.2 Å². The second-order valence-corrected chi connectivity index (χ2v) is 8.82. The molecule has 7 nitrogen and oxygen atoms in total. The highest BCUT2D eigenvalue weighted by atomic mass is 32.2. The molecule has 0 aromatic carbocycles. The summed E-state index contributed by atoms with van der Waals surface area (Å²) in [6.07, 6.45) is 3.72. The molecule has 0 radical (unpaired) electrons. The summed E-state index contributed by atoms with van der Waals surface area (Å²) in [6, 6.07) is -0.0145. The van der Waals surface area contributed by atoms with Crippen molar-refractivity contribution in [2.75, 3.05) is 25.6 Å². The molecule has 1 unspecified atom stereocenters. The van der Waals surface area contributed by atoms with Crippen molar-refractivity contribution in [1.82, 2.24) is 5.32 Å². The third kappa shape index (κ3) is 7.17. The number of unbranched alkanes of at least 4 members (excludes halogenated alkanes) is 1. The maximum Gasteiger partial charge on any atom is 0.404 e. The van der Waals surface area contributed by atoms with Gasteiger partial charge in [-0.3, -0.25) is 4.79 Å². The van der Waals surface area contributed by atoms with E-state index in [0.29, 0.717) is 26.2 Å². The van der Waals surface area contributed by atoms with Gasteiger partial charge < -0.3 is 24.6 Å². The van der Waals surface area contributed by atoms with Crippen LogP contribution >= 0.6 is 11.8 Å². The number of carbonyl (C=O) groups excluding carboxylic acids is 1. The van der Waals surface area contributed by atoms with Gasteiger partial charge >= 0.3 is 12.1 Å². The molecule has 8 heteroatoms. The van der Waals surface area contributed by atoms with Gasteiger partial charge in [0.1, 0.15) is 6.61 Å². The molecule has 2 heterocycles. The van der Waals surface area contributed by atoms with Gasteiger partial charge in [-0.05, 0) is 38.0 Å². The van der Waals surface area contributed by atoms with Crippen LogP contribution in [0.2, 0.25) is 0 Å². The molecule has 2 saturated heterocycles. The summed E-state index contributed by atoms with van der Waals surface area (Å²) in [4.78, 5) is 23.7. The van der Waals surface area contributed by atoms with Crippen LogP contribution in [-0.4, -0.2) is 54.6 Å². The van der Waals surface area contributed by atoms with E-state index in [9.17, 15) is 9.59 Å². The van der Waals surface area contributed by atoms with Crippen LogP contribution in [0.3, 0.4) is 0 Å². The summed E-state index contributed by atoms with van der Waals surface area (Å²) in [5.41, 5.74) is -0.306. The van der Waals surface area contributed by atoms with Crippen LogP contribution in [0.1, 0.15) is 46.5 Å². The van der Waals surface area contributed by atoms with Gasteiger partial charge in [-0.15, -0.1) is 11.8 Å². The number of hydrogen-bond acceptors (Lipinski definition) is 6. The van der Waals surface area contributed by atoms with E-state index in [1.54, 1.807) is 11.8 Å². The van der Waals surface area contributed by atoms with Crippen molar-refractivity contribution >= 4 is 23.8 Å². The molecule has 0 aromatic heterocycles. The van der Waals surface area contributed by atoms with Crippen LogP contribution in [0.4, 0.5) is 4.79 Å². The molecular weight excluding hydrogens is 358 g/mol. The van der Waals surface area contributed by atoms with Crippen LogP contribution in [0.25, 0.3) is 0 Å². The average Bonchev–Trinajstić information content (AvgIpc) is 3.00. The molecule has 0 bridgehead atoms. The quantitative estimate of drug-likeness (QED) is 0.512. The van der Waals surface area contributed by atoms with E-state index >= 15 is 0 Å². The minimum atomic E-state index is -0.981. The van der Waals surface area contributed by atoms with Gasteiger partial charge in [0.25, 0.3) is 0 Å². The molecule has 0 aromatic rings. The molecule has 1 atom stereocenters. The second kappa shape index (κ2) is 9.10. The molecule has 0 aliphatic carbocycles. The summed E-state index contributed by atoms with van der Waals surface area (Å²) in [5.74, 6) is -0.0208. The topological polar surface area (TPSA) is 94.1 Å². The Hall–Kier alpha value is -1.25. The standard InChI is InChI=1S/C18H29NO6S/c1-17(2)24-11-18(3,12-25-17)10-23-15(20)7-5-4-6-14-8-13(9-26-14)19-16(21)22/h6,13,19H,4-5,7-12H2,1-3H3,(H,21,22)/b14-6+. The summed E-state index contributed by atoms with van der Waals surface area (Å²) < 4.78 is 16.7. The van der Waals surface area contributed by atoms with E-state index < -0.39 is 11.9 Å². The van der Waals surface area contributed by atoms with Crippen molar-refractivity contribution in [3.63, 3.8) is 0 Å². The first kappa shape index (κ1) is 21.1. The Labute approximate surface area is 158 Å². The molecule has 1 amide bonds. The van der Waals surface area contributed by atoms with Crippen molar-refractivity contribution in [2.45, 2.75) is 58.3 Å². The number of amides is 1. The smallest absolute Gasteiger partial charge is 0.404 e. The fourth-order valence-electron chi connectivity index (χ4n) is 2.68. The van der Waals surface area contributed by atoms with E-state index in [4.69, 9.17) is 19.3 Å². The Morgan fingerprint density at radius 1 is 1.35 bits per heavy atom. The van der Waals surface area contributed by atoms with Gasteiger partial charge in [-0.25, -0.2) is 4.79 Å². The van der Waals surface area contributed by atoms with E-state index in [2.05, 4.69) is 11.4 Å². The lowest BCUT2D eigenvalue weighted by Crippen LogP contribution is -2.47. The molecule has 2 rings (SSSR count). The highest BCUT2D eigenvalue weighted by Crippen LogP contribution is 2.31. The third-order valence-electron chi connectivity index (χ3n) is 4.32. The lowest BCUT2D eigenvalue weighted by atomic mass is 9.93. The van der Waals surface area contributed by atoms with Gasteiger partial charge in [0.15, 0.2) is 5.79 Å². The largest absolute Gasteiger partial charge is 0.465 e. The molecule has 26 heavy (non-hydrogen) atoms. The van der Waals surface area contributed by atoms with Crippen LogP contribution in [0.15, 0.2) is 11.0 Å². The fraction of sp³-hybridized carbons (Fsp3) is 0.778. The summed E-state index contributed by atoms with van der Waals surface area (Å²) in [6.45, 7) is 7.02. The van der Waals surface area contributed by atoms with Crippen molar-refractivity contribution < 1.29 is 28.9 Å². The Kier molecular flexibility index (Phi) is 7.37. The van der Waals surface area contributed by atoms with E-state index in [1.807, 2.05) is 20.8 Å². The Balaban J connectivity index is 1.59. The monoisotopic (exact) mass is 387 g/mol. The number of thioether (sulfide) groups is 1. The predicted octanol–water partition coefficient (Wildman–Crippen LogP) is 3.15. The molecule has 0 saturated carbocycles. The molecule has 2 aliphatic rings. The fourth-order valence-corrected chi connectivity index (χ4v) is 3.85. The number of allylic oxidation sites excluding steroid dienone is 1. The maximum atomic E-state index is 11.9. The lowest BCUT2D eigenvalue weighted by molar-refractivity contribution is -0.287. The van der Waals surface area contributed by atoms with Crippen LogP contribution in [0.5, 0.6) is 0 Å². The highest BCUT2D eigenvalue weighted by Gasteiger charge is 2.37. The van der Waals surface area contributed by atoms with E-state index in [1.165, 1.54) is 4.91 Å². The predicted molar refractivity (Wildman–Crippen MR) is 99.0 cm³/mol. The van der Waals surface area contributed by atoms with Crippen molar-refractivity contribution in [3.05, 3.63) is 11.0 Å². The molecule has 2 aliphatic heterocycles. The number of carboxylic acid groups (broad SMARTS) is 1. The highest BCUT2D eigenvalue weighted by molar-refractivity contribution is 8.03. The first-order valence-corrected chi connectivity index (χ1v) is 9.91. The molecule has 0 spiro atoms. The number of rotatable bonds is 7. The van der Waals surface area contributed by atoms with E-state index in [-0.39, 0.29) is 17.4 Å². The number of carbonyl (C=O) groups is 2. The maximum absolute atomic E-state index is 11.9. The number of hydrogen-bond donors (Lipinski definition) is 2. The van der Waals surface area contributed by atoms with Gasteiger partial charge in [0.2, 0.25) is 0 Å². The average molecular weight is 387 g/mol. The Morgan fingerprint density at radius 2 is 2.04 bits per heavy atom. The minimum Gasteiger partial charge on any atom is -0.465 e. The normalized spacial score (nSPS) is 25.8. The molecular formula is C18H29NO6S. The first-order valence-electron chi connectivity index (χ1n) is 8.92. The van der Waals surface area contributed by atoms with Crippen LogP contribution in [0, 0.1) is 5.41 Å². The second-order valence-electron chi connectivity index (χ2n) is 7.67. The van der Waals surface area contributed by atoms with Crippen molar-refractivity contribution in [2.24, 2.45) is 5.41 Å². The zero-order valence-electron chi connectivity index (χ0n) is 15.7. The zero-order chi connectivity index (χ0) is 19.2. The summed E-state index contributed by atoms with van der Waals surface area (Å²) in [5, 5.41) is 11.2. The van der Waals surface area contributed by atoms with Crippen molar-refractivity contribution in [3.8, 4) is 0 Å². The van der Waals surface area contributed by atoms with E-state index in [0.717, 1.165) is 25.0 Å². The number of esters is 1. The zero-order valence-corrected chi connectivity index (χ0v) is 16.5. The van der Waals surface area contributed by atoms with Gasteiger partial charge in [-0.1, -0.05) is 13.0 Å². The molecule has 2 N–H and O–H groups in total. The summed E-state index contributed by atoms with van der Waals surface area (Å²) >= 11 is 1.67. The van der Waals surface area contributed by atoms with Crippen LogP contribution in [-0.2, 0) is 19.0 Å². The lowest BCUT2D eigenvalue weighted by Gasteiger charge is -2.40. The first-order chi connectivity index (χ1) is 12.2. The van der Waals surface area contributed by atoms with Crippen LogP contribution < -0.4 is 5.32 Å². The van der Waals surface area contributed by atoms with Crippen molar-refractivity contribution in [1.29, 1.82) is 0 Å².